The molecule has 0 spiro atoms. The predicted molar refractivity (Wildman–Crippen MR) is 267 cm³/mol. The van der Waals surface area contributed by atoms with E-state index in [2.05, 4.69) is 95.7 Å². The molecule has 0 aromatic rings. The topological polar surface area (TPSA) is 135 Å². The Hall–Kier alpha value is -1.70. The van der Waals surface area contributed by atoms with Crippen LogP contribution in [0.15, 0.2) is 23.8 Å². The summed E-state index contributed by atoms with van der Waals surface area (Å²) in [6.45, 7) is 33.1. The summed E-state index contributed by atoms with van der Waals surface area (Å²) < 4.78 is 0. The number of carbonyl (C=O) groups is 2. The molecule has 7 nitrogen and oxygen atoms in total. The Morgan fingerprint density at radius 1 is 0.597 bits per heavy atom. The van der Waals surface area contributed by atoms with Crippen LogP contribution in [0.1, 0.15) is 212 Å². The van der Waals surface area contributed by atoms with Crippen molar-refractivity contribution in [3.63, 3.8) is 0 Å². The fraction of sp³-hybridized carbons (Fsp3) is 0.900. The van der Waals surface area contributed by atoms with E-state index < -0.39 is 34.3 Å². The van der Waals surface area contributed by atoms with Crippen LogP contribution < -0.4 is 0 Å². The lowest BCUT2D eigenvalue weighted by molar-refractivity contribution is -0.248. The molecule has 0 unspecified atom stereocenters. The number of aliphatic hydroxyl groups excluding tert-OH is 3. The van der Waals surface area contributed by atoms with Crippen molar-refractivity contribution in [2.45, 2.75) is 224 Å². The number of rotatable bonds is 4. The van der Waals surface area contributed by atoms with E-state index >= 15 is 0 Å². The second kappa shape index (κ2) is 15.7. The molecule has 0 amide bonds. The molecule has 10 aliphatic rings. The molecule has 0 aliphatic heterocycles. The minimum Gasteiger partial charge on any atom is -0.481 e. The fourth-order valence-corrected chi connectivity index (χ4v) is 22.2. The fourth-order valence-electron chi connectivity index (χ4n) is 22.2. The molecule has 0 radical (unpaired) electrons. The van der Waals surface area contributed by atoms with Gasteiger partial charge in [-0.3, -0.25) is 9.59 Å². The van der Waals surface area contributed by atoms with Gasteiger partial charge in [-0.25, -0.2) is 0 Å². The maximum atomic E-state index is 12.8. The number of carboxylic acids is 2. The van der Waals surface area contributed by atoms with Gasteiger partial charge in [-0.1, -0.05) is 100.0 Å². The standard InChI is InChI=1S/C30H48O4.C30H48O3/c1-25(2)13-15-30(24(33)34)16-14-28(5)19(20(30)17-25)7-8-22-26(3)11-10-23(32)27(4,18-31)21(26)9-12-29(22,28)6;1-18(2)19-10-15-30(25(32)33)17-16-28(6)20(24(19)30)8-9-22-27(5)13-12-23(31)26(3,4)21(27)11-14-29(22,28)7/h7,20-23,31-32H,8-18H2,1-6H3,(H,33,34);19-24,31H,1,8-17H2,2-7H3,(H,32,33)/t20-,21+,22+,23-,26-,27-,28+,29+,30-;19-,20+,21-,22+,23-,24+,27-,28+,29+,30-/m00/s1. The van der Waals surface area contributed by atoms with E-state index in [0.29, 0.717) is 35.5 Å². The van der Waals surface area contributed by atoms with Crippen molar-refractivity contribution in [3.8, 4) is 0 Å². The first kappa shape index (κ1) is 50.2. The van der Waals surface area contributed by atoms with Crippen LogP contribution in [0.25, 0.3) is 0 Å². The number of fused-ring (bicyclic) bond motifs is 14. The van der Waals surface area contributed by atoms with Crippen molar-refractivity contribution in [2.24, 2.45) is 107 Å². The summed E-state index contributed by atoms with van der Waals surface area (Å²) in [5.74, 6) is 2.19. The summed E-state index contributed by atoms with van der Waals surface area (Å²) in [7, 11) is 0. The van der Waals surface area contributed by atoms with Gasteiger partial charge in [-0.05, 0) is 226 Å². The van der Waals surface area contributed by atoms with Gasteiger partial charge in [0.15, 0.2) is 0 Å². The largest absolute Gasteiger partial charge is 0.481 e. The van der Waals surface area contributed by atoms with Gasteiger partial charge in [0.05, 0.1) is 29.6 Å². The van der Waals surface area contributed by atoms with Crippen molar-refractivity contribution in [3.05, 3.63) is 23.8 Å². The Kier molecular flexibility index (Phi) is 11.7. The third-order valence-corrected chi connectivity index (χ3v) is 26.7. The summed E-state index contributed by atoms with van der Waals surface area (Å²) in [5, 5.41) is 53.2. The molecular weight excluding hydrogens is 833 g/mol. The molecule has 10 aliphatic carbocycles. The van der Waals surface area contributed by atoms with E-state index in [4.69, 9.17) is 0 Å². The Balaban J connectivity index is 0.000000168. The van der Waals surface area contributed by atoms with E-state index in [-0.39, 0.29) is 67.9 Å². The zero-order chi connectivity index (χ0) is 49.1. The normalized spacial score (nSPS) is 54.5. The zero-order valence-electron chi connectivity index (χ0n) is 44.5. The number of hydrogen-bond donors (Lipinski definition) is 5. The molecule has 10 rings (SSSR count). The van der Waals surface area contributed by atoms with Gasteiger partial charge in [-0.2, -0.15) is 0 Å². The second-order valence-electron chi connectivity index (χ2n) is 29.4. The average molecular weight is 929 g/mol. The highest BCUT2D eigenvalue weighted by molar-refractivity contribution is 5.77. The van der Waals surface area contributed by atoms with Crippen LogP contribution in [-0.4, -0.2) is 56.3 Å². The van der Waals surface area contributed by atoms with Crippen LogP contribution in [0.4, 0.5) is 0 Å². The summed E-state index contributed by atoms with van der Waals surface area (Å²) in [6.07, 6.45) is 22.0. The smallest absolute Gasteiger partial charge is 0.310 e. The lowest BCUT2D eigenvalue weighted by Gasteiger charge is -2.72. The van der Waals surface area contributed by atoms with Crippen molar-refractivity contribution < 1.29 is 35.1 Å². The quantitative estimate of drug-likeness (QED) is 0.177. The molecule has 0 bridgehead atoms. The first-order valence-corrected chi connectivity index (χ1v) is 27.8. The molecule has 19 atom stereocenters. The molecule has 67 heavy (non-hydrogen) atoms. The highest BCUT2D eigenvalue weighted by atomic mass is 16.4. The molecule has 9 saturated carbocycles. The van der Waals surface area contributed by atoms with E-state index in [1.807, 2.05) is 0 Å². The molecule has 0 aromatic carbocycles. The monoisotopic (exact) mass is 929 g/mol. The SMILES string of the molecule is C=C(C)[C@@H]1CC[C@]2(C(=O)O)CC[C@]3(C)[C@H](CC[C@@H]4[C@@]5(C)CC[C@H](O)C(C)(C)[C@@H]5CC[C@]43C)[C@@H]12.CC1(C)CC[C@]2(C(=O)O)CC[C@]3(C)C(=CC[C@@H]4[C@@]5(C)CC[C@H](O)[C@@](C)(CO)[C@@H]5CC[C@]43C)[C@@H]2C1. The first-order chi connectivity index (χ1) is 31.0. The molecule has 378 valence electrons. The van der Waals surface area contributed by atoms with E-state index in [9.17, 15) is 35.1 Å². The van der Waals surface area contributed by atoms with Crippen LogP contribution in [0.2, 0.25) is 0 Å². The summed E-state index contributed by atoms with van der Waals surface area (Å²) in [4.78, 5) is 25.5. The Bertz CT molecular complexity index is 2050. The molecule has 0 heterocycles. The zero-order valence-corrected chi connectivity index (χ0v) is 44.5. The molecular formula is C60H96O7. The lowest BCUT2D eigenvalue weighted by Crippen LogP contribution is -2.67. The third-order valence-electron chi connectivity index (χ3n) is 26.7. The van der Waals surface area contributed by atoms with Crippen molar-refractivity contribution in [1.82, 2.24) is 0 Å². The van der Waals surface area contributed by atoms with Crippen LogP contribution in [-0.2, 0) is 9.59 Å². The van der Waals surface area contributed by atoms with Crippen LogP contribution in [0.3, 0.4) is 0 Å². The van der Waals surface area contributed by atoms with Crippen molar-refractivity contribution in [2.75, 3.05) is 6.61 Å². The summed E-state index contributed by atoms with van der Waals surface area (Å²) in [6, 6.07) is 0. The van der Waals surface area contributed by atoms with Gasteiger partial charge >= 0.3 is 11.9 Å². The number of carboxylic acid groups (broad SMARTS) is 2. The van der Waals surface area contributed by atoms with Gasteiger partial charge in [0.25, 0.3) is 0 Å². The first-order valence-electron chi connectivity index (χ1n) is 27.8. The maximum Gasteiger partial charge on any atom is 0.310 e. The van der Waals surface area contributed by atoms with Gasteiger partial charge in [0.1, 0.15) is 0 Å². The Morgan fingerprint density at radius 2 is 1.18 bits per heavy atom. The molecule has 7 heteroatoms. The van der Waals surface area contributed by atoms with Gasteiger partial charge in [0.2, 0.25) is 0 Å². The molecule has 9 fully saturated rings. The summed E-state index contributed by atoms with van der Waals surface area (Å²) >= 11 is 0. The maximum absolute atomic E-state index is 12.8. The Labute approximate surface area is 406 Å². The van der Waals surface area contributed by atoms with Crippen LogP contribution in [0.5, 0.6) is 0 Å². The Morgan fingerprint density at radius 3 is 1.81 bits per heavy atom. The summed E-state index contributed by atoms with van der Waals surface area (Å²) in [5.41, 5.74) is 2.21. The van der Waals surface area contributed by atoms with E-state index in [0.717, 1.165) is 103 Å². The number of allylic oxidation sites excluding steroid dienone is 3. The lowest BCUT2D eigenvalue weighted by atomic mass is 9.32. The van der Waals surface area contributed by atoms with E-state index in [1.165, 1.54) is 36.8 Å². The average Bonchev–Trinajstić information content (AvgIpc) is 3.66. The highest BCUT2D eigenvalue weighted by Crippen LogP contribution is 2.79. The van der Waals surface area contributed by atoms with E-state index in [1.54, 1.807) is 0 Å². The number of aliphatic hydroxyl groups is 3. The minimum absolute atomic E-state index is 0.0202. The van der Waals surface area contributed by atoms with Crippen molar-refractivity contribution in [1.29, 1.82) is 0 Å². The predicted octanol–water partition coefficient (Wildman–Crippen LogP) is 13.3. The van der Waals surface area contributed by atoms with Gasteiger partial charge < -0.3 is 25.5 Å². The third kappa shape index (κ3) is 6.41. The highest BCUT2D eigenvalue weighted by Gasteiger charge is 2.73. The second-order valence-corrected chi connectivity index (χ2v) is 29.4. The number of hydrogen-bond acceptors (Lipinski definition) is 5. The number of aliphatic carboxylic acids is 2. The molecule has 0 saturated heterocycles. The van der Waals surface area contributed by atoms with Gasteiger partial charge in [-0.15, -0.1) is 0 Å². The van der Waals surface area contributed by atoms with Crippen LogP contribution >= 0.6 is 0 Å². The van der Waals surface area contributed by atoms with Gasteiger partial charge in [0, 0.05) is 5.41 Å². The molecule has 0 aromatic heterocycles. The van der Waals surface area contributed by atoms with Crippen molar-refractivity contribution >= 4 is 11.9 Å². The van der Waals surface area contributed by atoms with Crippen LogP contribution in [0, 0.1) is 107 Å². The minimum atomic E-state index is -0.588. The molecule has 5 N–H and O–H groups in total.